The average molecular weight is 336 g/mol. The average Bonchev–Trinajstić information content (AvgIpc) is 2.48. The van der Waals surface area contributed by atoms with Crippen molar-refractivity contribution in [1.29, 1.82) is 0 Å². The van der Waals surface area contributed by atoms with Crippen molar-refractivity contribution in [2.75, 3.05) is 13.7 Å². The third-order valence-corrected chi connectivity index (χ3v) is 3.80. The Balaban J connectivity index is 2.17. The molecule has 0 aliphatic carbocycles. The van der Waals surface area contributed by atoms with Crippen LogP contribution in [0.2, 0.25) is 0 Å². The fourth-order valence-corrected chi connectivity index (χ4v) is 2.33. The second kappa shape index (κ2) is 7.31. The van der Waals surface area contributed by atoms with Crippen molar-refractivity contribution >= 4 is 15.9 Å². The standard InChI is InChI=1S/C16H18BrNO2/c1-19-14-7-6-12(8-9-18)16(10-14)20-11-13-4-2-3-5-15(13)17/h2-7,10H,8-9,11,18H2,1H3. The van der Waals surface area contributed by atoms with E-state index in [2.05, 4.69) is 15.9 Å². The Kier molecular flexibility index (Phi) is 5.44. The second-order valence-electron chi connectivity index (χ2n) is 4.39. The first kappa shape index (κ1) is 14.9. The second-order valence-corrected chi connectivity index (χ2v) is 5.25. The van der Waals surface area contributed by atoms with Crippen LogP contribution in [-0.2, 0) is 13.0 Å². The molecule has 0 heterocycles. The molecule has 0 amide bonds. The van der Waals surface area contributed by atoms with Crippen LogP contribution in [0.4, 0.5) is 0 Å². The number of ether oxygens (including phenoxy) is 2. The molecule has 2 rings (SSSR count). The maximum Gasteiger partial charge on any atom is 0.126 e. The lowest BCUT2D eigenvalue weighted by molar-refractivity contribution is 0.299. The number of hydrogen-bond donors (Lipinski definition) is 1. The molecule has 106 valence electrons. The van der Waals surface area contributed by atoms with Crippen LogP contribution in [0, 0.1) is 0 Å². The van der Waals surface area contributed by atoms with E-state index in [0.717, 1.165) is 33.5 Å². The van der Waals surface area contributed by atoms with Gasteiger partial charge in [0.1, 0.15) is 18.1 Å². The van der Waals surface area contributed by atoms with Crippen molar-refractivity contribution in [3.63, 3.8) is 0 Å². The summed E-state index contributed by atoms with van der Waals surface area (Å²) in [7, 11) is 1.65. The minimum atomic E-state index is 0.506. The first-order chi connectivity index (χ1) is 9.74. The van der Waals surface area contributed by atoms with Crippen LogP contribution in [0.15, 0.2) is 46.9 Å². The molecule has 20 heavy (non-hydrogen) atoms. The van der Waals surface area contributed by atoms with E-state index in [4.69, 9.17) is 15.2 Å². The highest BCUT2D eigenvalue weighted by Gasteiger charge is 2.07. The van der Waals surface area contributed by atoms with Crippen molar-refractivity contribution in [2.45, 2.75) is 13.0 Å². The lowest BCUT2D eigenvalue weighted by Gasteiger charge is -2.13. The predicted molar refractivity (Wildman–Crippen MR) is 84.2 cm³/mol. The minimum absolute atomic E-state index is 0.506. The molecule has 2 aromatic rings. The zero-order valence-electron chi connectivity index (χ0n) is 11.4. The molecule has 0 saturated heterocycles. The van der Waals surface area contributed by atoms with Gasteiger partial charge in [-0.3, -0.25) is 0 Å². The highest BCUT2D eigenvalue weighted by molar-refractivity contribution is 9.10. The molecular formula is C16H18BrNO2. The number of nitrogens with two attached hydrogens (primary N) is 1. The number of benzene rings is 2. The van der Waals surface area contributed by atoms with Gasteiger partial charge in [-0.1, -0.05) is 40.2 Å². The number of methoxy groups -OCH3 is 1. The van der Waals surface area contributed by atoms with Crippen LogP contribution >= 0.6 is 15.9 Å². The predicted octanol–water partition coefficient (Wildman–Crippen LogP) is 3.54. The molecule has 0 saturated carbocycles. The number of halogens is 1. The van der Waals surface area contributed by atoms with Gasteiger partial charge in [0.25, 0.3) is 0 Å². The fraction of sp³-hybridized carbons (Fsp3) is 0.250. The minimum Gasteiger partial charge on any atom is -0.497 e. The molecule has 0 unspecified atom stereocenters. The van der Waals surface area contributed by atoms with E-state index < -0.39 is 0 Å². The summed E-state index contributed by atoms with van der Waals surface area (Å²) in [5, 5.41) is 0. The van der Waals surface area contributed by atoms with Gasteiger partial charge in [-0.15, -0.1) is 0 Å². The Morgan fingerprint density at radius 2 is 1.90 bits per heavy atom. The quantitative estimate of drug-likeness (QED) is 0.878. The molecule has 0 fully saturated rings. The van der Waals surface area contributed by atoms with E-state index >= 15 is 0 Å². The highest BCUT2D eigenvalue weighted by atomic mass is 79.9. The number of rotatable bonds is 6. The molecule has 4 heteroatoms. The van der Waals surface area contributed by atoms with Gasteiger partial charge in [-0.05, 0) is 30.7 Å². The Bertz CT molecular complexity index is 572. The molecule has 0 atom stereocenters. The normalized spacial score (nSPS) is 10.3. The van der Waals surface area contributed by atoms with Crippen LogP contribution in [0.3, 0.4) is 0 Å². The first-order valence-corrected chi connectivity index (χ1v) is 7.27. The third kappa shape index (κ3) is 3.74. The third-order valence-electron chi connectivity index (χ3n) is 3.03. The van der Waals surface area contributed by atoms with Gasteiger partial charge in [-0.25, -0.2) is 0 Å². The summed E-state index contributed by atoms with van der Waals surface area (Å²) >= 11 is 3.52. The summed E-state index contributed by atoms with van der Waals surface area (Å²) in [5.74, 6) is 1.61. The Morgan fingerprint density at radius 3 is 2.60 bits per heavy atom. The lowest BCUT2D eigenvalue weighted by atomic mass is 10.1. The molecule has 0 aliphatic heterocycles. The first-order valence-electron chi connectivity index (χ1n) is 6.47. The van der Waals surface area contributed by atoms with Gasteiger partial charge in [-0.2, -0.15) is 0 Å². The largest absolute Gasteiger partial charge is 0.497 e. The van der Waals surface area contributed by atoms with E-state index in [0.29, 0.717) is 13.2 Å². The Hall–Kier alpha value is -1.52. The summed E-state index contributed by atoms with van der Waals surface area (Å²) in [6, 6.07) is 13.9. The summed E-state index contributed by atoms with van der Waals surface area (Å²) in [5.41, 5.74) is 7.84. The molecule has 0 spiro atoms. The molecule has 0 aromatic heterocycles. The molecule has 3 nitrogen and oxygen atoms in total. The van der Waals surface area contributed by atoms with Crippen molar-refractivity contribution in [1.82, 2.24) is 0 Å². The van der Waals surface area contributed by atoms with Gasteiger partial charge in [0.2, 0.25) is 0 Å². The maximum absolute atomic E-state index is 5.93. The van der Waals surface area contributed by atoms with Crippen LogP contribution < -0.4 is 15.2 Å². The van der Waals surface area contributed by atoms with E-state index in [1.165, 1.54) is 0 Å². The molecule has 2 N–H and O–H groups in total. The monoisotopic (exact) mass is 335 g/mol. The Morgan fingerprint density at radius 1 is 1.10 bits per heavy atom. The van der Waals surface area contributed by atoms with Crippen LogP contribution in [-0.4, -0.2) is 13.7 Å². The summed E-state index contributed by atoms with van der Waals surface area (Å²) in [6.45, 7) is 1.10. The molecule has 2 aromatic carbocycles. The summed E-state index contributed by atoms with van der Waals surface area (Å²) in [6.07, 6.45) is 0.787. The van der Waals surface area contributed by atoms with Gasteiger partial charge in [0, 0.05) is 16.1 Å². The van der Waals surface area contributed by atoms with E-state index in [1.54, 1.807) is 7.11 Å². The maximum atomic E-state index is 5.93. The zero-order chi connectivity index (χ0) is 14.4. The van der Waals surface area contributed by atoms with Crippen molar-refractivity contribution < 1.29 is 9.47 Å². The topological polar surface area (TPSA) is 44.5 Å². The van der Waals surface area contributed by atoms with Gasteiger partial charge < -0.3 is 15.2 Å². The SMILES string of the molecule is COc1ccc(CCN)c(OCc2ccccc2Br)c1. The Labute approximate surface area is 127 Å². The van der Waals surface area contributed by atoms with Crippen LogP contribution in [0.1, 0.15) is 11.1 Å². The van der Waals surface area contributed by atoms with Gasteiger partial charge in [0.15, 0.2) is 0 Å². The zero-order valence-corrected chi connectivity index (χ0v) is 13.0. The van der Waals surface area contributed by atoms with Crippen molar-refractivity contribution in [3.05, 3.63) is 58.1 Å². The molecule has 0 radical (unpaired) electrons. The lowest BCUT2D eigenvalue weighted by Crippen LogP contribution is -2.06. The van der Waals surface area contributed by atoms with Crippen LogP contribution in [0.25, 0.3) is 0 Å². The highest BCUT2D eigenvalue weighted by Crippen LogP contribution is 2.27. The molecule has 0 aliphatic rings. The molecule has 0 bridgehead atoms. The van der Waals surface area contributed by atoms with Gasteiger partial charge in [0.05, 0.1) is 7.11 Å². The van der Waals surface area contributed by atoms with Gasteiger partial charge >= 0.3 is 0 Å². The van der Waals surface area contributed by atoms with E-state index in [9.17, 15) is 0 Å². The number of hydrogen-bond acceptors (Lipinski definition) is 3. The van der Waals surface area contributed by atoms with E-state index in [-0.39, 0.29) is 0 Å². The van der Waals surface area contributed by atoms with Crippen molar-refractivity contribution in [3.8, 4) is 11.5 Å². The summed E-state index contributed by atoms with van der Waals surface area (Å²) in [4.78, 5) is 0. The smallest absolute Gasteiger partial charge is 0.126 e. The molecular weight excluding hydrogens is 318 g/mol. The van der Waals surface area contributed by atoms with E-state index in [1.807, 2.05) is 42.5 Å². The fourth-order valence-electron chi connectivity index (χ4n) is 1.93. The van der Waals surface area contributed by atoms with Crippen LogP contribution in [0.5, 0.6) is 11.5 Å². The van der Waals surface area contributed by atoms with Crippen molar-refractivity contribution in [2.24, 2.45) is 5.73 Å². The summed E-state index contributed by atoms with van der Waals surface area (Å²) < 4.78 is 12.2.